The summed E-state index contributed by atoms with van der Waals surface area (Å²) in [4.78, 5) is 0. The van der Waals surface area contributed by atoms with Crippen molar-refractivity contribution in [2.45, 2.75) is 27.3 Å². The zero-order valence-corrected chi connectivity index (χ0v) is 9.99. The molecule has 0 saturated heterocycles. The molecule has 1 aromatic heterocycles. The molecule has 0 fully saturated rings. The van der Waals surface area contributed by atoms with Crippen molar-refractivity contribution in [3.8, 4) is 0 Å². The Morgan fingerprint density at radius 3 is 2.44 bits per heavy atom. The molecule has 16 heavy (non-hydrogen) atoms. The van der Waals surface area contributed by atoms with Crippen LogP contribution in [0.1, 0.15) is 22.5 Å². The van der Waals surface area contributed by atoms with Gasteiger partial charge in [-0.3, -0.25) is 4.68 Å². The number of aromatic nitrogens is 2. The van der Waals surface area contributed by atoms with Gasteiger partial charge in [-0.1, -0.05) is 24.3 Å². The number of nitrogen functional groups attached to an aromatic ring is 1. The second kappa shape index (κ2) is 4.00. The highest BCUT2D eigenvalue weighted by Crippen LogP contribution is 2.17. The molecule has 0 atom stereocenters. The van der Waals surface area contributed by atoms with Crippen molar-refractivity contribution >= 4 is 5.69 Å². The van der Waals surface area contributed by atoms with Gasteiger partial charge in [0.25, 0.3) is 0 Å². The average molecular weight is 215 g/mol. The first-order valence-electron chi connectivity index (χ1n) is 5.43. The molecule has 2 aromatic rings. The molecule has 0 amide bonds. The normalized spacial score (nSPS) is 10.7. The number of hydrogen-bond donors (Lipinski definition) is 1. The molecule has 2 rings (SSSR count). The van der Waals surface area contributed by atoms with Crippen LogP contribution in [0.3, 0.4) is 0 Å². The van der Waals surface area contributed by atoms with Crippen molar-refractivity contribution in [1.82, 2.24) is 9.78 Å². The lowest BCUT2D eigenvalue weighted by Gasteiger charge is -2.07. The van der Waals surface area contributed by atoms with Crippen molar-refractivity contribution in [3.05, 3.63) is 46.8 Å². The van der Waals surface area contributed by atoms with E-state index in [0.29, 0.717) is 0 Å². The second-order valence-corrected chi connectivity index (χ2v) is 4.17. The van der Waals surface area contributed by atoms with Gasteiger partial charge in [0, 0.05) is 0 Å². The summed E-state index contributed by atoms with van der Waals surface area (Å²) in [6, 6.07) is 8.35. The molecular formula is C13H17N3. The minimum atomic E-state index is 0.788. The summed E-state index contributed by atoms with van der Waals surface area (Å²) in [5.74, 6) is 0. The molecule has 0 radical (unpaired) electrons. The first-order valence-corrected chi connectivity index (χ1v) is 5.43. The SMILES string of the molecule is Cc1ccccc1Cn1nc(C)c(N)c1C. The number of nitrogens with two attached hydrogens (primary N) is 1. The first-order chi connectivity index (χ1) is 7.59. The van der Waals surface area contributed by atoms with Crippen LogP contribution in [0.25, 0.3) is 0 Å². The summed E-state index contributed by atoms with van der Waals surface area (Å²) in [5.41, 5.74) is 11.2. The van der Waals surface area contributed by atoms with Gasteiger partial charge in [-0.15, -0.1) is 0 Å². The second-order valence-electron chi connectivity index (χ2n) is 4.17. The Labute approximate surface area is 95.9 Å². The van der Waals surface area contributed by atoms with Gasteiger partial charge in [0.05, 0.1) is 23.6 Å². The van der Waals surface area contributed by atoms with Crippen LogP contribution >= 0.6 is 0 Å². The lowest BCUT2D eigenvalue weighted by atomic mass is 10.1. The van der Waals surface area contributed by atoms with Gasteiger partial charge in [-0.05, 0) is 31.9 Å². The fourth-order valence-corrected chi connectivity index (χ4v) is 1.81. The molecule has 0 unspecified atom stereocenters. The minimum absolute atomic E-state index is 0.788. The lowest BCUT2D eigenvalue weighted by molar-refractivity contribution is 0.657. The first kappa shape index (κ1) is 10.7. The summed E-state index contributed by atoms with van der Waals surface area (Å²) in [6.07, 6.45) is 0. The highest BCUT2D eigenvalue weighted by atomic mass is 15.3. The molecule has 1 heterocycles. The molecule has 0 aliphatic rings. The molecule has 0 aliphatic carbocycles. The van der Waals surface area contributed by atoms with E-state index in [1.807, 2.05) is 24.6 Å². The van der Waals surface area contributed by atoms with Gasteiger partial charge in [0.2, 0.25) is 0 Å². The Bertz CT molecular complexity index is 512. The Morgan fingerprint density at radius 2 is 1.88 bits per heavy atom. The number of hydrogen-bond acceptors (Lipinski definition) is 2. The van der Waals surface area contributed by atoms with E-state index in [0.717, 1.165) is 23.6 Å². The van der Waals surface area contributed by atoms with Gasteiger partial charge in [-0.2, -0.15) is 5.10 Å². The summed E-state index contributed by atoms with van der Waals surface area (Å²) in [7, 11) is 0. The summed E-state index contributed by atoms with van der Waals surface area (Å²) in [6.45, 7) is 6.85. The van der Waals surface area contributed by atoms with Gasteiger partial charge in [0.1, 0.15) is 0 Å². The van der Waals surface area contributed by atoms with E-state index in [4.69, 9.17) is 5.73 Å². The molecule has 0 saturated carbocycles. The maximum atomic E-state index is 5.91. The molecular weight excluding hydrogens is 198 g/mol. The maximum Gasteiger partial charge on any atom is 0.0826 e. The number of anilines is 1. The third kappa shape index (κ3) is 1.81. The summed E-state index contributed by atoms with van der Waals surface area (Å²) < 4.78 is 1.97. The lowest BCUT2D eigenvalue weighted by Crippen LogP contribution is -2.05. The molecule has 3 nitrogen and oxygen atoms in total. The minimum Gasteiger partial charge on any atom is -0.396 e. The van der Waals surface area contributed by atoms with Gasteiger partial charge < -0.3 is 5.73 Å². The number of benzene rings is 1. The molecule has 0 spiro atoms. The fraction of sp³-hybridized carbons (Fsp3) is 0.308. The van der Waals surface area contributed by atoms with Crippen molar-refractivity contribution in [3.63, 3.8) is 0 Å². The van der Waals surface area contributed by atoms with Crippen LogP contribution in [-0.2, 0) is 6.54 Å². The van der Waals surface area contributed by atoms with E-state index < -0.39 is 0 Å². The van der Waals surface area contributed by atoms with E-state index in [2.05, 4.69) is 30.2 Å². The smallest absolute Gasteiger partial charge is 0.0826 e. The fourth-order valence-electron chi connectivity index (χ4n) is 1.81. The predicted octanol–water partition coefficient (Wildman–Crippen LogP) is 2.44. The van der Waals surface area contributed by atoms with Gasteiger partial charge in [0.15, 0.2) is 0 Å². The number of rotatable bonds is 2. The average Bonchev–Trinajstić information content (AvgIpc) is 2.50. The zero-order valence-electron chi connectivity index (χ0n) is 9.99. The van der Waals surface area contributed by atoms with Crippen molar-refractivity contribution in [2.75, 3.05) is 5.73 Å². The topological polar surface area (TPSA) is 43.8 Å². The van der Waals surface area contributed by atoms with Crippen LogP contribution in [0.2, 0.25) is 0 Å². The number of aryl methyl sites for hydroxylation is 2. The van der Waals surface area contributed by atoms with Crippen molar-refractivity contribution in [1.29, 1.82) is 0 Å². The molecule has 2 N–H and O–H groups in total. The Kier molecular flexibility index (Phi) is 2.69. The van der Waals surface area contributed by atoms with E-state index >= 15 is 0 Å². The standard InChI is InChI=1S/C13H17N3/c1-9-6-4-5-7-12(9)8-16-11(3)13(14)10(2)15-16/h4-7H,8,14H2,1-3H3. The zero-order chi connectivity index (χ0) is 11.7. The van der Waals surface area contributed by atoms with Crippen LogP contribution < -0.4 is 5.73 Å². The molecule has 0 bridgehead atoms. The maximum absolute atomic E-state index is 5.91. The quantitative estimate of drug-likeness (QED) is 0.836. The molecule has 84 valence electrons. The predicted molar refractivity (Wildman–Crippen MR) is 66.4 cm³/mol. The van der Waals surface area contributed by atoms with Crippen LogP contribution in [0.15, 0.2) is 24.3 Å². The molecule has 3 heteroatoms. The Balaban J connectivity index is 2.34. The molecule has 0 aliphatic heterocycles. The van der Waals surface area contributed by atoms with Crippen LogP contribution in [0.5, 0.6) is 0 Å². The van der Waals surface area contributed by atoms with E-state index in [1.54, 1.807) is 0 Å². The van der Waals surface area contributed by atoms with Crippen LogP contribution in [0, 0.1) is 20.8 Å². The largest absolute Gasteiger partial charge is 0.396 e. The van der Waals surface area contributed by atoms with E-state index in [9.17, 15) is 0 Å². The van der Waals surface area contributed by atoms with Crippen molar-refractivity contribution < 1.29 is 0 Å². The van der Waals surface area contributed by atoms with Gasteiger partial charge in [-0.25, -0.2) is 0 Å². The summed E-state index contributed by atoms with van der Waals surface area (Å²) >= 11 is 0. The van der Waals surface area contributed by atoms with Crippen LogP contribution in [-0.4, -0.2) is 9.78 Å². The third-order valence-electron chi connectivity index (χ3n) is 3.02. The monoisotopic (exact) mass is 215 g/mol. The number of nitrogens with zero attached hydrogens (tertiary/aromatic N) is 2. The highest BCUT2D eigenvalue weighted by Gasteiger charge is 2.08. The Morgan fingerprint density at radius 1 is 1.19 bits per heavy atom. The molecule has 1 aromatic carbocycles. The highest BCUT2D eigenvalue weighted by molar-refractivity contribution is 5.47. The van der Waals surface area contributed by atoms with Crippen molar-refractivity contribution in [2.24, 2.45) is 0 Å². The van der Waals surface area contributed by atoms with Crippen LogP contribution in [0.4, 0.5) is 5.69 Å². The van der Waals surface area contributed by atoms with Gasteiger partial charge >= 0.3 is 0 Å². The third-order valence-corrected chi connectivity index (χ3v) is 3.02. The summed E-state index contributed by atoms with van der Waals surface area (Å²) in [5, 5.41) is 4.44. The van der Waals surface area contributed by atoms with E-state index in [1.165, 1.54) is 11.1 Å². The Hall–Kier alpha value is -1.77. The van der Waals surface area contributed by atoms with E-state index in [-0.39, 0.29) is 0 Å².